The summed E-state index contributed by atoms with van der Waals surface area (Å²) >= 11 is 0. The summed E-state index contributed by atoms with van der Waals surface area (Å²) in [5, 5.41) is 3.34. The van der Waals surface area contributed by atoms with Crippen LogP contribution in [0.25, 0.3) is 0 Å². The molecule has 0 saturated heterocycles. The first kappa shape index (κ1) is 23.8. The summed E-state index contributed by atoms with van der Waals surface area (Å²) in [5.74, 6) is -0.596. The van der Waals surface area contributed by atoms with Crippen LogP contribution >= 0.6 is 0 Å². The summed E-state index contributed by atoms with van der Waals surface area (Å²) in [6.45, 7) is 4.82. The van der Waals surface area contributed by atoms with Gasteiger partial charge in [-0.1, -0.05) is 48.5 Å². The topological polar surface area (TPSA) is 41.6 Å². The van der Waals surface area contributed by atoms with E-state index in [4.69, 9.17) is 4.74 Å². The van der Waals surface area contributed by atoms with Gasteiger partial charge < -0.3 is 15.0 Å². The first-order valence-electron chi connectivity index (χ1n) is 12.2. The minimum Gasteiger partial charge on any atom is -0.466 e. The molecule has 1 aliphatic rings. The molecule has 34 heavy (non-hydrogen) atoms. The van der Waals surface area contributed by atoms with Crippen molar-refractivity contribution < 1.29 is 13.9 Å². The predicted octanol–water partition coefficient (Wildman–Crippen LogP) is 5.93. The summed E-state index contributed by atoms with van der Waals surface area (Å²) in [6.07, 6.45) is 3.86. The minimum absolute atomic E-state index is 0.188. The molecule has 1 N–H and O–H groups in total. The van der Waals surface area contributed by atoms with Crippen LogP contribution in [0.4, 0.5) is 15.8 Å². The SMILES string of the molecule is CCOC(=O)CCc1ccc(NCc2ccc3c(c2)N(CCc2ccccc2)CCC3)cc1F. The lowest BCUT2D eigenvalue weighted by atomic mass is 9.98. The Hall–Kier alpha value is -3.34. The number of fused-ring (bicyclic) bond motifs is 1. The zero-order valence-corrected chi connectivity index (χ0v) is 19.9. The Morgan fingerprint density at radius 3 is 2.68 bits per heavy atom. The first-order chi connectivity index (χ1) is 16.6. The molecule has 0 saturated carbocycles. The Morgan fingerprint density at radius 1 is 1.03 bits per heavy atom. The van der Waals surface area contributed by atoms with Crippen molar-refractivity contribution in [1.29, 1.82) is 0 Å². The zero-order valence-electron chi connectivity index (χ0n) is 19.9. The number of ether oxygens (including phenoxy) is 1. The average molecular weight is 461 g/mol. The van der Waals surface area contributed by atoms with Crippen molar-refractivity contribution >= 4 is 17.3 Å². The number of hydrogen-bond acceptors (Lipinski definition) is 4. The standard InChI is InChI=1S/C29H33FN2O2/c1-2-34-29(33)15-13-24-12-14-26(20-27(24)30)31-21-23-10-11-25-9-6-17-32(28(25)19-23)18-16-22-7-4-3-5-8-22/h3-5,7-8,10-12,14,19-20,31H,2,6,9,13,15-18,21H2,1H3. The van der Waals surface area contributed by atoms with Crippen molar-refractivity contribution in [1.82, 2.24) is 0 Å². The van der Waals surface area contributed by atoms with Crippen LogP contribution in [0.15, 0.2) is 66.7 Å². The molecule has 0 aromatic heterocycles. The van der Waals surface area contributed by atoms with Crippen LogP contribution in [-0.4, -0.2) is 25.7 Å². The molecule has 3 aromatic carbocycles. The van der Waals surface area contributed by atoms with Crippen LogP contribution < -0.4 is 10.2 Å². The normalized spacial score (nSPS) is 12.8. The number of nitrogens with one attached hydrogen (secondary N) is 1. The second kappa shape index (κ2) is 11.7. The number of anilines is 2. The number of hydrogen-bond donors (Lipinski definition) is 1. The molecule has 0 spiro atoms. The Balaban J connectivity index is 1.36. The van der Waals surface area contributed by atoms with Crippen molar-refractivity contribution in [3.05, 3.63) is 94.8 Å². The smallest absolute Gasteiger partial charge is 0.306 e. The van der Waals surface area contributed by atoms with Crippen molar-refractivity contribution in [2.75, 3.05) is 29.9 Å². The van der Waals surface area contributed by atoms with E-state index in [-0.39, 0.29) is 18.2 Å². The van der Waals surface area contributed by atoms with Crippen LogP contribution in [0.2, 0.25) is 0 Å². The Bertz CT molecular complexity index is 1100. The van der Waals surface area contributed by atoms with Gasteiger partial charge in [0.25, 0.3) is 0 Å². The molecule has 0 unspecified atom stereocenters. The Labute approximate surface area is 201 Å². The highest BCUT2D eigenvalue weighted by molar-refractivity contribution is 5.69. The average Bonchev–Trinajstić information content (AvgIpc) is 2.86. The monoisotopic (exact) mass is 460 g/mol. The molecular weight excluding hydrogens is 427 g/mol. The predicted molar refractivity (Wildman–Crippen MR) is 136 cm³/mol. The summed E-state index contributed by atoms with van der Waals surface area (Å²) in [5.41, 5.74) is 6.52. The maximum atomic E-state index is 14.5. The molecule has 5 heteroatoms. The van der Waals surface area contributed by atoms with Gasteiger partial charge in [0.1, 0.15) is 5.82 Å². The van der Waals surface area contributed by atoms with E-state index in [1.807, 2.05) is 6.07 Å². The fraction of sp³-hybridized carbons (Fsp3) is 0.345. The lowest BCUT2D eigenvalue weighted by molar-refractivity contribution is -0.143. The number of rotatable bonds is 10. The second-order valence-corrected chi connectivity index (χ2v) is 8.75. The number of carbonyl (C=O) groups excluding carboxylic acids is 1. The van der Waals surface area contributed by atoms with E-state index >= 15 is 0 Å². The van der Waals surface area contributed by atoms with Crippen molar-refractivity contribution in [2.45, 2.75) is 45.6 Å². The van der Waals surface area contributed by atoms with Gasteiger partial charge >= 0.3 is 5.97 Å². The van der Waals surface area contributed by atoms with Crippen LogP contribution in [0.1, 0.15) is 42.0 Å². The lowest BCUT2D eigenvalue weighted by Gasteiger charge is -2.32. The summed E-state index contributed by atoms with van der Waals surface area (Å²) in [6, 6.07) is 22.4. The molecule has 0 fully saturated rings. The van der Waals surface area contributed by atoms with Crippen LogP contribution in [0.3, 0.4) is 0 Å². The number of halogens is 1. The fourth-order valence-electron chi connectivity index (χ4n) is 4.48. The lowest BCUT2D eigenvalue weighted by Crippen LogP contribution is -2.31. The third-order valence-electron chi connectivity index (χ3n) is 6.33. The summed E-state index contributed by atoms with van der Waals surface area (Å²) in [4.78, 5) is 14.0. The van der Waals surface area contributed by atoms with E-state index in [0.29, 0.717) is 25.1 Å². The second-order valence-electron chi connectivity index (χ2n) is 8.75. The third kappa shape index (κ3) is 6.37. The molecular formula is C29H33FN2O2. The summed E-state index contributed by atoms with van der Waals surface area (Å²) in [7, 11) is 0. The number of benzene rings is 3. The van der Waals surface area contributed by atoms with Crippen molar-refractivity contribution in [3.8, 4) is 0 Å². The molecule has 0 atom stereocenters. The van der Waals surface area contributed by atoms with E-state index in [1.54, 1.807) is 13.0 Å². The Morgan fingerprint density at radius 2 is 1.88 bits per heavy atom. The van der Waals surface area contributed by atoms with Gasteiger partial charge in [-0.25, -0.2) is 4.39 Å². The molecule has 178 valence electrons. The molecule has 3 aromatic rings. The van der Waals surface area contributed by atoms with E-state index in [2.05, 4.69) is 58.7 Å². The van der Waals surface area contributed by atoms with Crippen molar-refractivity contribution in [3.63, 3.8) is 0 Å². The number of aryl methyl sites for hydroxylation is 2. The van der Waals surface area contributed by atoms with Gasteiger partial charge in [0.15, 0.2) is 0 Å². The fourth-order valence-corrected chi connectivity index (χ4v) is 4.48. The van der Waals surface area contributed by atoms with Gasteiger partial charge in [0.2, 0.25) is 0 Å². The maximum absolute atomic E-state index is 14.5. The highest BCUT2D eigenvalue weighted by atomic mass is 19.1. The van der Waals surface area contributed by atoms with Gasteiger partial charge in [-0.2, -0.15) is 0 Å². The van der Waals surface area contributed by atoms with Gasteiger partial charge in [-0.05, 0) is 73.1 Å². The van der Waals surface area contributed by atoms with Crippen LogP contribution in [0.5, 0.6) is 0 Å². The maximum Gasteiger partial charge on any atom is 0.306 e. The molecule has 4 nitrogen and oxygen atoms in total. The number of esters is 1. The molecule has 0 aliphatic carbocycles. The van der Waals surface area contributed by atoms with Gasteiger partial charge in [-0.3, -0.25) is 4.79 Å². The van der Waals surface area contributed by atoms with E-state index in [0.717, 1.165) is 31.6 Å². The molecule has 1 aliphatic heterocycles. The zero-order chi connectivity index (χ0) is 23.8. The van der Waals surface area contributed by atoms with Crippen LogP contribution in [0, 0.1) is 5.82 Å². The molecule has 1 heterocycles. The highest BCUT2D eigenvalue weighted by Crippen LogP contribution is 2.29. The van der Waals surface area contributed by atoms with E-state index < -0.39 is 0 Å². The molecule has 4 rings (SSSR count). The number of nitrogens with zero attached hydrogens (tertiary/aromatic N) is 1. The summed E-state index contributed by atoms with van der Waals surface area (Å²) < 4.78 is 19.4. The Kier molecular flexibility index (Phi) is 8.18. The quantitative estimate of drug-likeness (QED) is 0.381. The van der Waals surface area contributed by atoms with E-state index in [1.165, 1.54) is 34.9 Å². The van der Waals surface area contributed by atoms with Gasteiger partial charge in [0.05, 0.1) is 6.61 Å². The molecule has 0 bridgehead atoms. The minimum atomic E-state index is -0.299. The van der Waals surface area contributed by atoms with Crippen molar-refractivity contribution in [2.24, 2.45) is 0 Å². The largest absolute Gasteiger partial charge is 0.466 e. The van der Waals surface area contributed by atoms with Crippen LogP contribution in [-0.2, 0) is 35.3 Å². The number of carbonyl (C=O) groups is 1. The first-order valence-corrected chi connectivity index (χ1v) is 12.2. The molecule has 0 radical (unpaired) electrons. The van der Waals surface area contributed by atoms with Gasteiger partial charge in [-0.15, -0.1) is 0 Å². The highest BCUT2D eigenvalue weighted by Gasteiger charge is 2.17. The van der Waals surface area contributed by atoms with Gasteiger partial charge in [0, 0.05) is 37.4 Å². The third-order valence-corrected chi connectivity index (χ3v) is 6.33. The van der Waals surface area contributed by atoms with E-state index in [9.17, 15) is 9.18 Å². The molecule has 0 amide bonds.